The van der Waals surface area contributed by atoms with Crippen LogP contribution in [0.4, 0.5) is 0 Å². The van der Waals surface area contributed by atoms with E-state index in [9.17, 15) is 0 Å². The summed E-state index contributed by atoms with van der Waals surface area (Å²) in [5.74, 6) is 0. The van der Waals surface area contributed by atoms with Crippen molar-refractivity contribution in [1.29, 1.82) is 0 Å². The van der Waals surface area contributed by atoms with E-state index >= 15 is 0 Å². The van der Waals surface area contributed by atoms with Gasteiger partial charge >= 0.3 is 140 Å². The van der Waals surface area contributed by atoms with Gasteiger partial charge in [0.25, 0.3) is 0 Å². The average molecular weight is 385 g/mol. The van der Waals surface area contributed by atoms with Crippen LogP contribution in [0.25, 0.3) is 6.08 Å². The average Bonchev–Trinajstić information content (AvgIpc) is 2.51. The maximum atomic E-state index is 3.90. The SMILES string of the molecule is C=Cc1ccccc1CCC[CH2][SnH2][c]1cccc(C)c1C. The van der Waals surface area contributed by atoms with E-state index in [1.807, 2.05) is 6.08 Å². The number of hydrogen-bond donors (Lipinski definition) is 0. The van der Waals surface area contributed by atoms with Crippen LogP contribution >= 0.6 is 0 Å². The van der Waals surface area contributed by atoms with E-state index in [0.29, 0.717) is 0 Å². The molecule has 0 amide bonds. The fourth-order valence-electron chi connectivity index (χ4n) is 2.85. The van der Waals surface area contributed by atoms with Gasteiger partial charge in [0.05, 0.1) is 0 Å². The van der Waals surface area contributed by atoms with Crippen molar-refractivity contribution >= 4 is 30.8 Å². The molecule has 0 radical (unpaired) electrons. The van der Waals surface area contributed by atoms with Gasteiger partial charge < -0.3 is 0 Å². The van der Waals surface area contributed by atoms with Gasteiger partial charge in [-0.1, -0.05) is 0 Å². The first-order chi connectivity index (χ1) is 10.2. The van der Waals surface area contributed by atoms with E-state index in [1.165, 1.54) is 40.4 Å². The van der Waals surface area contributed by atoms with Crippen molar-refractivity contribution in [3.63, 3.8) is 0 Å². The summed E-state index contributed by atoms with van der Waals surface area (Å²) in [6.07, 6.45) is 5.87. The third-order valence-corrected chi connectivity index (χ3v) is 10.5. The predicted molar refractivity (Wildman–Crippen MR) is 98.4 cm³/mol. The Balaban J connectivity index is 1.78. The predicted octanol–water partition coefficient (Wildman–Crippen LogP) is 4.18. The van der Waals surface area contributed by atoms with Crippen molar-refractivity contribution in [2.45, 2.75) is 37.5 Å². The minimum atomic E-state index is -0.764. The monoisotopic (exact) mass is 386 g/mol. The van der Waals surface area contributed by atoms with Crippen LogP contribution in [0.15, 0.2) is 49.0 Å². The second-order valence-corrected chi connectivity index (χ2v) is 11.4. The van der Waals surface area contributed by atoms with Gasteiger partial charge in [-0.2, -0.15) is 0 Å². The molecule has 0 aliphatic heterocycles. The first-order valence-corrected chi connectivity index (χ1v) is 12.8. The van der Waals surface area contributed by atoms with Crippen LogP contribution in [0.5, 0.6) is 0 Å². The second-order valence-electron chi connectivity index (χ2n) is 5.82. The molecule has 2 aromatic rings. The van der Waals surface area contributed by atoms with Gasteiger partial charge in [0, 0.05) is 0 Å². The summed E-state index contributed by atoms with van der Waals surface area (Å²) in [4.78, 5) is 0. The number of benzene rings is 2. The third-order valence-electron chi connectivity index (χ3n) is 4.38. The first-order valence-electron chi connectivity index (χ1n) is 7.98. The quantitative estimate of drug-likeness (QED) is 0.496. The zero-order valence-corrected chi connectivity index (χ0v) is 17.4. The van der Waals surface area contributed by atoms with Crippen molar-refractivity contribution < 1.29 is 0 Å². The van der Waals surface area contributed by atoms with Crippen LogP contribution in [0, 0.1) is 13.8 Å². The fraction of sp³-hybridized carbons (Fsp3) is 0.300. The van der Waals surface area contributed by atoms with Crippen LogP contribution < -0.4 is 3.58 Å². The van der Waals surface area contributed by atoms with Crippen LogP contribution in [-0.2, 0) is 6.42 Å². The zero-order valence-electron chi connectivity index (χ0n) is 13.4. The second kappa shape index (κ2) is 8.43. The molecule has 0 aliphatic carbocycles. The van der Waals surface area contributed by atoms with Crippen molar-refractivity contribution in [3.05, 3.63) is 71.3 Å². The van der Waals surface area contributed by atoms with Crippen molar-refractivity contribution in [2.24, 2.45) is 0 Å². The number of aryl methyl sites for hydroxylation is 2. The molecule has 0 aromatic heterocycles. The molecule has 1 heteroatoms. The molecule has 0 bridgehead atoms. The molecule has 21 heavy (non-hydrogen) atoms. The summed E-state index contributed by atoms with van der Waals surface area (Å²) in [7, 11) is 0. The first kappa shape index (κ1) is 16.4. The molecular weight excluding hydrogens is 359 g/mol. The molecule has 0 N–H and O–H groups in total. The van der Waals surface area contributed by atoms with Crippen LogP contribution in [0.1, 0.15) is 35.1 Å². The Labute approximate surface area is 139 Å². The van der Waals surface area contributed by atoms with Gasteiger partial charge in [-0.3, -0.25) is 0 Å². The van der Waals surface area contributed by atoms with Gasteiger partial charge in [0.1, 0.15) is 0 Å². The molecule has 110 valence electrons. The normalized spacial score (nSPS) is 11.1. The standard InChI is InChI=1S/C12H15.C8H9.Sn.2H/c1-3-5-8-12-10-7-6-9-11(12)4-2;1-7-5-3-4-6-8(7)2;;;/h4,6-7,9-10H,1-3,5,8H2;3-5H,1-2H3;;;. The van der Waals surface area contributed by atoms with Crippen LogP contribution in [-0.4, -0.2) is 21.1 Å². The topological polar surface area (TPSA) is 0 Å². The Morgan fingerprint density at radius 1 is 1.00 bits per heavy atom. The molecule has 0 saturated heterocycles. The molecule has 0 saturated carbocycles. The van der Waals surface area contributed by atoms with Gasteiger partial charge in [0.15, 0.2) is 0 Å². The van der Waals surface area contributed by atoms with E-state index in [0.717, 1.165) is 0 Å². The molecular formula is C20H26Sn. The number of unbranched alkanes of at least 4 members (excludes halogenated alkanes) is 1. The van der Waals surface area contributed by atoms with E-state index < -0.39 is 21.1 Å². The molecule has 0 nitrogen and oxygen atoms in total. The zero-order chi connectivity index (χ0) is 15.1. The van der Waals surface area contributed by atoms with Gasteiger partial charge in [-0.05, 0) is 0 Å². The van der Waals surface area contributed by atoms with E-state index in [-0.39, 0.29) is 0 Å². The van der Waals surface area contributed by atoms with Crippen molar-refractivity contribution in [2.75, 3.05) is 0 Å². The molecule has 0 unspecified atom stereocenters. The Morgan fingerprint density at radius 2 is 1.81 bits per heavy atom. The Bertz CT molecular complexity index is 599. The number of rotatable bonds is 7. The Morgan fingerprint density at radius 3 is 2.62 bits per heavy atom. The van der Waals surface area contributed by atoms with Crippen molar-refractivity contribution in [1.82, 2.24) is 0 Å². The summed E-state index contributed by atoms with van der Waals surface area (Å²) >= 11 is -0.764. The van der Waals surface area contributed by atoms with Gasteiger partial charge in [-0.15, -0.1) is 0 Å². The third kappa shape index (κ3) is 4.74. The van der Waals surface area contributed by atoms with E-state index in [4.69, 9.17) is 0 Å². The summed E-state index contributed by atoms with van der Waals surface area (Å²) in [5, 5.41) is 0. The molecule has 0 spiro atoms. The van der Waals surface area contributed by atoms with E-state index in [1.54, 1.807) is 9.14 Å². The Hall–Kier alpha value is -1.02. The minimum absolute atomic E-state index is 0.764. The molecule has 0 atom stereocenters. The maximum absolute atomic E-state index is 3.90. The summed E-state index contributed by atoms with van der Waals surface area (Å²) < 4.78 is 3.21. The summed E-state index contributed by atoms with van der Waals surface area (Å²) in [5.41, 5.74) is 5.78. The van der Waals surface area contributed by atoms with Crippen LogP contribution in [0.3, 0.4) is 0 Å². The molecule has 0 aliphatic rings. The van der Waals surface area contributed by atoms with Crippen LogP contribution in [0.2, 0.25) is 4.44 Å². The van der Waals surface area contributed by atoms with E-state index in [2.05, 4.69) is 62.9 Å². The van der Waals surface area contributed by atoms with Gasteiger partial charge in [-0.25, -0.2) is 0 Å². The Kier molecular flexibility index (Phi) is 6.56. The van der Waals surface area contributed by atoms with Crippen molar-refractivity contribution in [3.8, 4) is 0 Å². The fourth-order valence-corrected chi connectivity index (χ4v) is 8.39. The molecule has 0 fully saturated rings. The molecule has 0 heterocycles. The summed E-state index contributed by atoms with van der Waals surface area (Å²) in [6, 6.07) is 15.5. The van der Waals surface area contributed by atoms with Gasteiger partial charge in [0.2, 0.25) is 0 Å². The number of hydrogen-bond acceptors (Lipinski definition) is 0. The molecule has 2 rings (SSSR count). The summed E-state index contributed by atoms with van der Waals surface area (Å²) in [6.45, 7) is 8.43. The molecule has 2 aromatic carbocycles.